The molecule has 2 N–H and O–H groups in total. The van der Waals surface area contributed by atoms with Gasteiger partial charge in [-0.1, -0.05) is 29.8 Å². The van der Waals surface area contributed by atoms with Crippen LogP contribution in [0.4, 0.5) is 4.79 Å². The molecule has 35 heavy (non-hydrogen) atoms. The average molecular weight is 497 g/mol. The summed E-state index contributed by atoms with van der Waals surface area (Å²) in [6.07, 6.45) is 0.382. The lowest BCUT2D eigenvalue weighted by molar-refractivity contribution is 0.141. The van der Waals surface area contributed by atoms with E-state index in [1.54, 1.807) is 12.1 Å². The van der Waals surface area contributed by atoms with Crippen molar-refractivity contribution in [1.29, 1.82) is 0 Å². The molecule has 1 saturated heterocycles. The Morgan fingerprint density at radius 3 is 2.51 bits per heavy atom. The van der Waals surface area contributed by atoms with Gasteiger partial charge < -0.3 is 19.8 Å². The third-order valence-electron chi connectivity index (χ3n) is 6.00. The smallest absolute Gasteiger partial charge is 0.407 e. The van der Waals surface area contributed by atoms with Gasteiger partial charge in [0.05, 0.1) is 22.3 Å². The number of hydrogen-bond donors (Lipinski definition) is 2. The summed E-state index contributed by atoms with van der Waals surface area (Å²) in [4.78, 5) is 16.9. The number of pyridine rings is 1. The van der Waals surface area contributed by atoms with Crippen LogP contribution >= 0.6 is 0 Å². The number of carbonyl (C=O) groups is 1. The first-order chi connectivity index (χ1) is 16.7. The Balaban J connectivity index is 1.37. The minimum Gasteiger partial charge on any atom is -0.489 e. The van der Waals surface area contributed by atoms with Gasteiger partial charge in [0.1, 0.15) is 12.4 Å². The number of para-hydroxylation sites is 1. The standard InChI is InChI=1S/C26H28N2O6S/c1-18-14-20(24-4-2-3-5-25(24)27-18)16-34-22-6-8-23(9-7-22)35(32,33)17-21(29)15-19-10-12-28(13-11-19)26(30)31/h2-9,14-15,21,29H,10-13,16-17H2,1H3,(H,30,31). The maximum absolute atomic E-state index is 12.8. The summed E-state index contributed by atoms with van der Waals surface area (Å²) >= 11 is 0. The number of amides is 1. The number of fused-ring (bicyclic) bond motifs is 1. The van der Waals surface area contributed by atoms with Crippen LogP contribution in [0.5, 0.6) is 5.75 Å². The fourth-order valence-electron chi connectivity index (χ4n) is 4.21. The number of nitrogens with zero attached hydrogens (tertiary/aromatic N) is 2. The SMILES string of the molecule is Cc1cc(COc2ccc(S(=O)(=O)CC(O)C=C3CCN(C(=O)O)CC3)cc2)c2ccccc2n1. The molecule has 1 aromatic heterocycles. The molecule has 2 aromatic carbocycles. The van der Waals surface area contributed by atoms with Crippen LogP contribution in [-0.4, -0.2) is 59.6 Å². The van der Waals surface area contributed by atoms with Gasteiger partial charge in [-0.25, -0.2) is 13.2 Å². The Morgan fingerprint density at radius 2 is 1.83 bits per heavy atom. The van der Waals surface area contributed by atoms with Crippen molar-refractivity contribution in [2.24, 2.45) is 0 Å². The van der Waals surface area contributed by atoms with E-state index in [4.69, 9.17) is 9.84 Å². The van der Waals surface area contributed by atoms with Crippen LogP contribution in [0, 0.1) is 6.92 Å². The van der Waals surface area contributed by atoms with E-state index >= 15 is 0 Å². The number of aliphatic hydroxyl groups excluding tert-OH is 1. The van der Waals surface area contributed by atoms with E-state index in [1.165, 1.54) is 23.1 Å². The quantitative estimate of drug-likeness (QED) is 0.476. The van der Waals surface area contributed by atoms with E-state index in [0.29, 0.717) is 38.3 Å². The lowest BCUT2D eigenvalue weighted by Crippen LogP contribution is -2.35. The van der Waals surface area contributed by atoms with Crippen molar-refractivity contribution in [3.63, 3.8) is 0 Å². The van der Waals surface area contributed by atoms with E-state index < -0.39 is 27.8 Å². The van der Waals surface area contributed by atoms with Crippen LogP contribution in [0.1, 0.15) is 24.1 Å². The van der Waals surface area contributed by atoms with Crippen molar-refractivity contribution in [3.8, 4) is 5.75 Å². The lowest BCUT2D eigenvalue weighted by Gasteiger charge is -2.26. The van der Waals surface area contributed by atoms with E-state index in [9.17, 15) is 18.3 Å². The van der Waals surface area contributed by atoms with Crippen LogP contribution in [-0.2, 0) is 16.4 Å². The van der Waals surface area contributed by atoms with Crippen molar-refractivity contribution in [2.75, 3.05) is 18.8 Å². The second-order valence-corrected chi connectivity index (χ2v) is 10.7. The van der Waals surface area contributed by atoms with Gasteiger partial charge in [-0.2, -0.15) is 0 Å². The minimum atomic E-state index is -3.72. The zero-order valence-corrected chi connectivity index (χ0v) is 20.2. The van der Waals surface area contributed by atoms with E-state index in [2.05, 4.69) is 4.98 Å². The second-order valence-electron chi connectivity index (χ2n) is 8.64. The second kappa shape index (κ2) is 10.5. The zero-order chi connectivity index (χ0) is 25.0. The highest BCUT2D eigenvalue weighted by Gasteiger charge is 2.22. The summed E-state index contributed by atoms with van der Waals surface area (Å²) in [7, 11) is -3.72. The summed E-state index contributed by atoms with van der Waals surface area (Å²) in [5.41, 5.74) is 3.65. The molecule has 1 unspecified atom stereocenters. The van der Waals surface area contributed by atoms with Crippen molar-refractivity contribution in [1.82, 2.24) is 9.88 Å². The van der Waals surface area contributed by atoms with Gasteiger partial charge in [-0.05, 0) is 56.2 Å². The van der Waals surface area contributed by atoms with Crippen LogP contribution in [0.2, 0.25) is 0 Å². The molecule has 8 nitrogen and oxygen atoms in total. The molecule has 0 saturated carbocycles. The third kappa shape index (κ3) is 6.17. The molecule has 1 fully saturated rings. The average Bonchev–Trinajstić information content (AvgIpc) is 2.82. The monoisotopic (exact) mass is 496 g/mol. The number of sulfone groups is 1. The minimum absolute atomic E-state index is 0.105. The first-order valence-corrected chi connectivity index (χ1v) is 13.0. The van der Waals surface area contributed by atoms with E-state index in [-0.39, 0.29) is 4.90 Å². The molecule has 3 aromatic rings. The molecule has 1 aliphatic heterocycles. The summed E-state index contributed by atoms with van der Waals surface area (Å²) in [5, 5.41) is 20.4. The van der Waals surface area contributed by atoms with Gasteiger partial charge in [0, 0.05) is 29.7 Å². The number of aryl methyl sites for hydroxylation is 1. The summed E-state index contributed by atoms with van der Waals surface area (Å²) in [5.74, 6) is 0.0945. The molecule has 0 aliphatic carbocycles. The van der Waals surface area contributed by atoms with E-state index in [0.717, 1.165) is 27.7 Å². The molecular weight excluding hydrogens is 468 g/mol. The summed E-state index contributed by atoms with van der Waals surface area (Å²) in [6.45, 7) is 2.94. The summed E-state index contributed by atoms with van der Waals surface area (Å²) < 4.78 is 31.5. The number of rotatable bonds is 7. The molecule has 0 radical (unpaired) electrons. The molecule has 0 spiro atoms. The fraction of sp³-hybridized carbons (Fsp3) is 0.308. The highest BCUT2D eigenvalue weighted by molar-refractivity contribution is 7.91. The molecule has 2 heterocycles. The van der Waals surface area contributed by atoms with Crippen LogP contribution < -0.4 is 4.74 Å². The predicted octanol–water partition coefficient (Wildman–Crippen LogP) is 3.96. The van der Waals surface area contributed by atoms with Crippen LogP contribution in [0.15, 0.2) is 71.1 Å². The van der Waals surface area contributed by atoms with Crippen LogP contribution in [0.3, 0.4) is 0 Å². The van der Waals surface area contributed by atoms with E-state index in [1.807, 2.05) is 37.3 Å². The topological polar surface area (TPSA) is 117 Å². The Hall–Kier alpha value is -3.43. The predicted molar refractivity (Wildman–Crippen MR) is 132 cm³/mol. The number of aliphatic hydroxyl groups is 1. The summed E-state index contributed by atoms with van der Waals surface area (Å²) in [6, 6.07) is 16.0. The Morgan fingerprint density at radius 1 is 1.14 bits per heavy atom. The van der Waals surface area contributed by atoms with Gasteiger partial charge in [-0.15, -0.1) is 0 Å². The number of piperidine rings is 1. The Kier molecular flexibility index (Phi) is 7.37. The van der Waals surface area contributed by atoms with Gasteiger partial charge in [0.25, 0.3) is 0 Å². The lowest BCUT2D eigenvalue weighted by atomic mass is 10.0. The van der Waals surface area contributed by atoms with Gasteiger partial charge in [0.15, 0.2) is 9.84 Å². The van der Waals surface area contributed by atoms with Gasteiger partial charge in [0.2, 0.25) is 0 Å². The van der Waals surface area contributed by atoms with Crippen LogP contribution in [0.25, 0.3) is 10.9 Å². The van der Waals surface area contributed by atoms with Crippen molar-refractivity contribution in [3.05, 3.63) is 77.5 Å². The molecular formula is C26H28N2O6S. The fourth-order valence-corrected chi connectivity index (χ4v) is 5.50. The number of benzene rings is 2. The zero-order valence-electron chi connectivity index (χ0n) is 19.4. The maximum Gasteiger partial charge on any atom is 0.407 e. The first kappa shape index (κ1) is 24.7. The van der Waals surface area contributed by atoms with Crippen molar-refractivity contribution >= 4 is 26.8 Å². The molecule has 1 atom stereocenters. The number of likely N-dealkylation sites (tertiary alicyclic amines) is 1. The number of hydrogen-bond acceptors (Lipinski definition) is 6. The number of ether oxygens (including phenoxy) is 1. The maximum atomic E-state index is 12.8. The molecule has 1 amide bonds. The van der Waals surface area contributed by atoms with Crippen molar-refractivity contribution < 1.29 is 28.2 Å². The molecule has 0 bridgehead atoms. The highest BCUT2D eigenvalue weighted by Crippen LogP contribution is 2.23. The number of aromatic nitrogens is 1. The normalized spacial score (nSPS) is 15.1. The van der Waals surface area contributed by atoms with Gasteiger partial charge in [-0.3, -0.25) is 4.98 Å². The third-order valence-corrected chi connectivity index (χ3v) is 7.77. The highest BCUT2D eigenvalue weighted by atomic mass is 32.2. The first-order valence-electron chi connectivity index (χ1n) is 11.4. The van der Waals surface area contributed by atoms with Crippen molar-refractivity contribution in [2.45, 2.75) is 37.4 Å². The molecule has 184 valence electrons. The largest absolute Gasteiger partial charge is 0.489 e. The Bertz CT molecular complexity index is 1340. The molecule has 9 heteroatoms. The molecule has 4 rings (SSSR count). The number of carboxylic acid groups (broad SMARTS) is 1. The van der Waals surface area contributed by atoms with Gasteiger partial charge >= 0.3 is 6.09 Å². The Labute approximate surface area is 204 Å². The molecule has 1 aliphatic rings.